The molecule has 1 aromatic heterocycles. The highest BCUT2D eigenvalue weighted by molar-refractivity contribution is 6.06. The van der Waals surface area contributed by atoms with Crippen molar-refractivity contribution in [1.29, 1.82) is 5.26 Å². The lowest BCUT2D eigenvalue weighted by Crippen LogP contribution is -2.17. The molecule has 8 heteroatoms. The van der Waals surface area contributed by atoms with Crippen molar-refractivity contribution < 1.29 is 19.1 Å². The molecule has 3 aromatic carbocycles. The second-order valence-corrected chi connectivity index (χ2v) is 6.82. The molecule has 156 valence electrons. The first-order valence-corrected chi connectivity index (χ1v) is 9.45. The smallest absolute Gasteiger partial charge is 0.271 e. The van der Waals surface area contributed by atoms with Gasteiger partial charge in [-0.15, -0.1) is 0 Å². The van der Waals surface area contributed by atoms with Gasteiger partial charge < -0.3 is 5.11 Å². The Balaban J connectivity index is 1.56. The number of aromatic nitrogens is 1. The van der Waals surface area contributed by atoms with Crippen LogP contribution in [0, 0.1) is 17.1 Å². The average molecular weight is 426 g/mol. The largest absolute Gasteiger partial charge is 0.507 e. The quantitative estimate of drug-likeness (QED) is 0.382. The number of nitrogens with zero attached hydrogens (tertiary/aromatic N) is 3. The number of fused-ring (bicyclic) bond motifs is 1. The Labute approximate surface area is 181 Å². The SMILES string of the molecule is N#Cc1cc(C(=O)NN=Cc2cccc3c2ccn3C(=O)c2ccc(F)cc2)ccc1O. The Morgan fingerprint density at radius 2 is 1.81 bits per heavy atom. The van der Waals surface area contributed by atoms with Crippen LogP contribution in [0.5, 0.6) is 5.75 Å². The van der Waals surface area contributed by atoms with Crippen molar-refractivity contribution in [2.45, 2.75) is 0 Å². The topological polar surface area (TPSA) is 107 Å². The third kappa shape index (κ3) is 3.95. The fraction of sp³-hybridized carbons (Fsp3) is 0. The lowest BCUT2D eigenvalue weighted by atomic mass is 10.1. The zero-order valence-corrected chi connectivity index (χ0v) is 16.5. The van der Waals surface area contributed by atoms with Crippen LogP contribution in [-0.2, 0) is 0 Å². The van der Waals surface area contributed by atoms with E-state index in [1.54, 1.807) is 36.5 Å². The number of amides is 1. The molecule has 1 heterocycles. The Morgan fingerprint density at radius 1 is 1.06 bits per heavy atom. The van der Waals surface area contributed by atoms with E-state index in [0.717, 1.165) is 5.39 Å². The predicted molar refractivity (Wildman–Crippen MR) is 116 cm³/mol. The summed E-state index contributed by atoms with van der Waals surface area (Å²) in [6.45, 7) is 0. The minimum atomic E-state index is -0.547. The van der Waals surface area contributed by atoms with Crippen molar-refractivity contribution in [3.63, 3.8) is 0 Å². The molecule has 0 aliphatic carbocycles. The number of hydrogen-bond donors (Lipinski definition) is 2. The number of nitrogens with one attached hydrogen (secondary N) is 1. The molecule has 4 aromatic rings. The molecule has 4 rings (SSSR count). The molecule has 0 saturated carbocycles. The summed E-state index contributed by atoms with van der Waals surface area (Å²) >= 11 is 0. The fourth-order valence-corrected chi connectivity index (χ4v) is 3.20. The molecule has 0 saturated heterocycles. The minimum Gasteiger partial charge on any atom is -0.507 e. The van der Waals surface area contributed by atoms with Crippen LogP contribution in [0.25, 0.3) is 10.9 Å². The van der Waals surface area contributed by atoms with Gasteiger partial charge in [0.1, 0.15) is 17.6 Å². The summed E-state index contributed by atoms with van der Waals surface area (Å²) in [6, 6.07) is 18.1. The first-order valence-electron chi connectivity index (χ1n) is 9.45. The van der Waals surface area contributed by atoms with Crippen LogP contribution in [0.3, 0.4) is 0 Å². The van der Waals surface area contributed by atoms with Crippen LogP contribution in [-0.4, -0.2) is 27.7 Å². The lowest BCUT2D eigenvalue weighted by molar-refractivity contribution is 0.0950. The van der Waals surface area contributed by atoms with Gasteiger partial charge in [-0.3, -0.25) is 14.2 Å². The molecule has 1 amide bonds. The molecule has 2 N–H and O–H groups in total. The number of carbonyl (C=O) groups excluding carboxylic acids is 2. The zero-order chi connectivity index (χ0) is 22.7. The van der Waals surface area contributed by atoms with E-state index in [4.69, 9.17) is 5.26 Å². The number of rotatable bonds is 4. The monoisotopic (exact) mass is 426 g/mol. The van der Waals surface area contributed by atoms with Crippen LogP contribution in [0.4, 0.5) is 4.39 Å². The average Bonchev–Trinajstić information content (AvgIpc) is 3.24. The van der Waals surface area contributed by atoms with Gasteiger partial charge in [0.15, 0.2) is 0 Å². The van der Waals surface area contributed by atoms with E-state index in [9.17, 15) is 19.1 Å². The zero-order valence-electron chi connectivity index (χ0n) is 16.5. The van der Waals surface area contributed by atoms with Crippen LogP contribution in [0.1, 0.15) is 31.8 Å². The molecular weight excluding hydrogens is 411 g/mol. The molecule has 7 nitrogen and oxygen atoms in total. The number of halogens is 1. The number of benzene rings is 3. The van der Waals surface area contributed by atoms with Gasteiger partial charge in [-0.05, 0) is 54.6 Å². The highest BCUT2D eigenvalue weighted by Gasteiger charge is 2.13. The molecule has 0 atom stereocenters. The molecule has 0 spiro atoms. The van der Waals surface area contributed by atoms with Crippen molar-refractivity contribution in [3.8, 4) is 11.8 Å². The van der Waals surface area contributed by atoms with E-state index >= 15 is 0 Å². The van der Waals surface area contributed by atoms with Crippen LogP contribution in [0.2, 0.25) is 0 Å². The molecule has 0 radical (unpaired) electrons. The molecule has 0 aliphatic heterocycles. The maximum absolute atomic E-state index is 13.1. The third-order valence-electron chi connectivity index (χ3n) is 4.83. The molecule has 0 aliphatic rings. The summed E-state index contributed by atoms with van der Waals surface area (Å²) in [5, 5.41) is 23.2. The number of aromatic hydroxyl groups is 1. The van der Waals surface area contributed by atoms with Crippen molar-refractivity contribution in [1.82, 2.24) is 9.99 Å². The molecule has 32 heavy (non-hydrogen) atoms. The van der Waals surface area contributed by atoms with E-state index in [2.05, 4.69) is 10.5 Å². The Hall–Kier alpha value is -4.77. The molecule has 0 unspecified atom stereocenters. The Bertz CT molecular complexity index is 1420. The summed E-state index contributed by atoms with van der Waals surface area (Å²) < 4.78 is 14.6. The van der Waals surface area contributed by atoms with Crippen molar-refractivity contribution >= 4 is 28.9 Å². The number of hydrogen-bond acceptors (Lipinski definition) is 5. The maximum Gasteiger partial charge on any atom is 0.271 e. The summed E-state index contributed by atoms with van der Waals surface area (Å²) in [5.74, 6) is -1.48. The minimum absolute atomic E-state index is 0.0152. The number of carbonyl (C=O) groups is 2. The summed E-state index contributed by atoms with van der Waals surface area (Å²) in [6.07, 6.45) is 3.06. The number of hydrazone groups is 1. The standard InChI is InChI=1S/C24H15FN4O3/c25-19-7-4-15(5-8-19)24(32)29-11-10-20-17(2-1-3-21(20)29)14-27-28-23(31)16-6-9-22(30)18(12-16)13-26/h1-12,14,30H,(H,28,31). The summed E-state index contributed by atoms with van der Waals surface area (Å²) in [7, 11) is 0. The Morgan fingerprint density at radius 3 is 2.56 bits per heavy atom. The van der Waals surface area contributed by atoms with Crippen LogP contribution >= 0.6 is 0 Å². The van der Waals surface area contributed by atoms with Crippen molar-refractivity contribution in [2.24, 2.45) is 5.10 Å². The van der Waals surface area contributed by atoms with E-state index < -0.39 is 11.7 Å². The van der Waals surface area contributed by atoms with Crippen LogP contribution < -0.4 is 5.43 Å². The predicted octanol–water partition coefficient (Wildman–Crippen LogP) is 3.81. The van der Waals surface area contributed by atoms with Gasteiger partial charge in [-0.25, -0.2) is 9.82 Å². The Kier molecular flexibility index (Phi) is 5.47. The lowest BCUT2D eigenvalue weighted by Gasteiger charge is -2.05. The van der Waals surface area contributed by atoms with E-state index in [1.807, 2.05) is 0 Å². The fourth-order valence-electron chi connectivity index (χ4n) is 3.20. The van der Waals surface area contributed by atoms with Gasteiger partial charge in [0.05, 0.1) is 17.3 Å². The highest BCUT2D eigenvalue weighted by atomic mass is 19.1. The molecular formula is C24H15FN4O3. The first kappa shape index (κ1) is 20.5. The van der Waals surface area contributed by atoms with Gasteiger partial charge >= 0.3 is 0 Å². The normalized spacial score (nSPS) is 10.9. The number of phenolic OH excluding ortho intramolecular Hbond substituents is 1. The summed E-state index contributed by atoms with van der Waals surface area (Å²) in [5.41, 5.74) is 4.17. The van der Waals surface area contributed by atoms with E-state index in [-0.39, 0.29) is 22.8 Å². The van der Waals surface area contributed by atoms with Crippen molar-refractivity contribution in [3.05, 3.63) is 101 Å². The van der Waals surface area contributed by atoms with E-state index in [0.29, 0.717) is 16.6 Å². The van der Waals surface area contributed by atoms with Gasteiger partial charge in [-0.2, -0.15) is 10.4 Å². The van der Waals surface area contributed by atoms with E-state index in [1.165, 1.54) is 53.2 Å². The summed E-state index contributed by atoms with van der Waals surface area (Å²) in [4.78, 5) is 25.1. The molecule has 0 bridgehead atoms. The second-order valence-electron chi connectivity index (χ2n) is 6.82. The number of nitriles is 1. The van der Waals surface area contributed by atoms with Gasteiger partial charge in [0.2, 0.25) is 0 Å². The van der Waals surface area contributed by atoms with Gasteiger partial charge in [-0.1, -0.05) is 12.1 Å². The third-order valence-corrected chi connectivity index (χ3v) is 4.83. The van der Waals surface area contributed by atoms with Gasteiger partial charge in [0.25, 0.3) is 11.8 Å². The second kappa shape index (κ2) is 8.53. The first-order chi connectivity index (χ1) is 15.5. The maximum atomic E-state index is 13.1. The number of phenols is 1. The highest BCUT2D eigenvalue weighted by Crippen LogP contribution is 2.21. The molecule has 0 fully saturated rings. The van der Waals surface area contributed by atoms with Crippen LogP contribution in [0.15, 0.2) is 78.0 Å². The van der Waals surface area contributed by atoms with Crippen molar-refractivity contribution in [2.75, 3.05) is 0 Å². The van der Waals surface area contributed by atoms with Gasteiger partial charge in [0, 0.05) is 28.3 Å².